The molecule has 0 saturated heterocycles. The molecule has 1 aliphatic heterocycles. The van der Waals surface area contributed by atoms with Crippen LogP contribution in [0.3, 0.4) is 0 Å². The van der Waals surface area contributed by atoms with Crippen LogP contribution in [0.25, 0.3) is 0 Å². The minimum absolute atomic E-state index is 0.00902. The van der Waals surface area contributed by atoms with E-state index in [4.69, 9.17) is 11.6 Å². The van der Waals surface area contributed by atoms with Crippen LogP contribution in [0.4, 0.5) is 21.5 Å². The lowest BCUT2D eigenvalue weighted by Crippen LogP contribution is -2.42. The SMILES string of the molecule is O=C(CCNC(=O)c1ccc(F)cc1Cl)Nc1ccc(C(=O)N2CC(=O)Nc3ccccc32)cc1. The molecule has 0 radical (unpaired) electrons. The van der Waals surface area contributed by atoms with Crippen LogP contribution < -0.4 is 20.9 Å². The Morgan fingerprint density at radius 1 is 1.03 bits per heavy atom. The highest BCUT2D eigenvalue weighted by molar-refractivity contribution is 6.33. The van der Waals surface area contributed by atoms with Gasteiger partial charge >= 0.3 is 0 Å². The number of anilines is 3. The number of hydrogen-bond acceptors (Lipinski definition) is 4. The van der Waals surface area contributed by atoms with E-state index in [1.165, 1.54) is 11.0 Å². The highest BCUT2D eigenvalue weighted by atomic mass is 35.5. The van der Waals surface area contributed by atoms with Gasteiger partial charge < -0.3 is 16.0 Å². The number of rotatable bonds is 6. The summed E-state index contributed by atoms with van der Waals surface area (Å²) < 4.78 is 13.1. The van der Waals surface area contributed by atoms with E-state index in [1.54, 1.807) is 48.5 Å². The summed E-state index contributed by atoms with van der Waals surface area (Å²) >= 11 is 5.86. The molecule has 1 aliphatic rings. The van der Waals surface area contributed by atoms with Gasteiger partial charge in [-0.2, -0.15) is 0 Å². The molecule has 35 heavy (non-hydrogen) atoms. The molecule has 0 saturated carbocycles. The quantitative estimate of drug-likeness (QED) is 0.484. The summed E-state index contributed by atoms with van der Waals surface area (Å²) in [4.78, 5) is 50.7. The second kappa shape index (κ2) is 10.4. The number of carbonyl (C=O) groups is 4. The van der Waals surface area contributed by atoms with E-state index in [9.17, 15) is 23.6 Å². The molecule has 0 atom stereocenters. The maximum Gasteiger partial charge on any atom is 0.258 e. The minimum Gasteiger partial charge on any atom is -0.351 e. The Kier molecular flexibility index (Phi) is 7.07. The average Bonchev–Trinajstić information content (AvgIpc) is 2.83. The molecule has 4 amide bonds. The summed E-state index contributed by atoms with van der Waals surface area (Å²) in [7, 11) is 0. The van der Waals surface area contributed by atoms with E-state index in [0.717, 1.165) is 12.1 Å². The van der Waals surface area contributed by atoms with Crippen LogP contribution in [0.15, 0.2) is 66.7 Å². The van der Waals surface area contributed by atoms with Gasteiger partial charge in [0.25, 0.3) is 11.8 Å². The molecule has 10 heteroatoms. The molecular weight excluding hydrogens is 475 g/mol. The molecular formula is C25H20ClFN4O4. The minimum atomic E-state index is -0.551. The Labute approximate surface area is 205 Å². The van der Waals surface area contributed by atoms with Crippen LogP contribution in [0.1, 0.15) is 27.1 Å². The summed E-state index contributed by atoms with van der Waals surface area (Å²) in [5, 5.41) is 7.96. The molecule has 1 heterocycles. The number of fused-ring (bicyclic) bond motifs is 1. The van der Waals surface area contributed by atoms with Gasteiger partial charge in [-0.15, -0.1) is 0 Å². The number of nitrogens with zero attached hydrogens (tertiary/aromatic N) is 1. The molecule has 0 bridgehead atoms. The fourth-order valence-corrected chi connectivity index (χ4v) is 3.80. The van der Waals surface area contributed by atoms with E-state index in [1.807, 2.05) is 0 Å². The van der Waals surface area contributed by atoms with E-state index in [2.05, 4.69) is 16.0 Å². The normalized spacial score (nSPS) is 12.4. The lowest BCUT2D eigenvalue weighted by atomic mass is 10.1. The monoisotopic (exact) mass is 494 g/mol. The van der Waals surface area contributed by atoms with Crippen molar-refractivity contribution in [1.29, 1.82) is 0 Å². The second-order valence-corrected chi connectivity index (χ2v) is 8.12. The zero-order valence-electron chi connectivity index (χ0n) is 18.3. The largest absolute Gasteiger partial charge is 0.351 e. The van der Waals surface area contributed by atoms with E-state index in [-0.39, 0.29) is 47.8 Å². The van der Waals surface area contributed by atoms with Crippen molar-refractivity contribution in [3.8, 4) is 0 Å². The van der Waals surface area contributed by atoms with Crippen molar-refractivity contribution in [1.82, 2.24) is 5.32 Å². The third-order valence-electron chi connectivity index (χ3n) is 5.24. The van der Waals surface area contributed by atoms with Crippen LogP contribution in [0.2, 0.25) is 5.02 Å². The van der Waals surface area contributed by atoms with Crippen molar-refractivity contribution in [3.63, 3.8) is 0 Å². The number of halogens is 2. The summed E-state index contributed by atoms with van der Waals surface area (Å²) in [6.45, 7) is -0.0471. The number of amides is 4. The zero-order chi connectivity index (χ0) is 24.9. The highest BCUT2D eigenvalue weighted by Crippen LogP contribution is 2.30. The van der Waals surface area contributed by atoms with Gasteiger partial charge in [-0.05, 0) is 54.6 Å². The number of para-hydroxylation sites is 2. The molecule has 3 aromatic rings. The average molecular weight is 495 g/mol. The lowest BCUT2D eigenvalue weighted by Gasteiger charge is -2.29. The maximum absolute atomic E-state index is 13.1. The molecule has 178 valence electrons. The fourth-order valence-electron chi connectivity index (χ4n) is 3.55. The first kappa shape index (κ1) is 23.9. The van der Waals surface area contributed by atoms with Gasteiger partial charge in [-0.25, -0.2) is 4.39 Å². The Hall–Kier alpha value is -4.24. The van der Waals surface area contributed by atoms with Gasteiger partial charge in [-0.1, -0.05) is 23.7 Å². The maximum atomic E-state index is 13.1. The predicted molar refractivity (Wildman–Crippen MR) is 130 cm³/mol. The van der Waals surface area contributed by atoms with Gasteiger partial charge in [0.2, 0.25) is 11.8 Å². The molecule has 8 nitrogen and oxygen atoms in total. The van der Waals surface area contributed by atoms with Crippen LogP contribution in [0, 0.1) is 5.82 Å². The van der Waals surface area contributed by atoms with Gasteiger partial charge in [0.15, 0.2) is 0 Å². The Bertz CT molecular complexity index is 1310. The van der Waals surface area contributed by atoms with Crippen LogP contribution in [-0.4, -0.2) is 36.7 Å². The van der Waals surface area contributed by atoms with E-state index < -0.39 is 11.7 Å². The molecule has 0 aromatic heterocycles. The van der Waals surface area contributed by atoms with Crippen molar-refractivity contribution in [3.05, 3.63) is 88.7 Å². The Balaban J connectivity index is 1.31. The molecule has 0 fully saturated rings. The summed E-state index contributed by atoms with van der Waals surface area (Å²) in [5.41, 5.74) is 2.11. The Morgan fingerprint density at radius 3 is 2.51 bits per heavy atom. The van der Waals surface area contributed by atoms with E-state index >= 15 is 0 Å². The number of benzene rings is 3. The topological polar surface area (TPSA) is 108 Å². The third-order valence-corrected chi connectivity index (χ3v) is 5.56. The molecule has 3 N–H and O–H groups in total. The first-order valence-corrected chi connectivity index (χ1v) is 11.0. The van der Waals surface area contributed by atoms with Crippen LogP contribution in [-0.2, 0) is 9.59 Å². The Morgan fingerprint density at radius 2 is 1.77 bits per heavy atom. The first-order chi connectivity index (χ1) is 16.8. The fraction of sp³-hybridized carbons (Fsp3) is 0.120. The van der Waals surface area contributed by atoms with Crippen molar-refractivity contribution in [2.75, 3.05) is 28.6 Å². The standard InChI is InChI=1S/C25H20ClFN4O4/c26-19-13-16(27)7-10-18(19)24(34)28-12-11-22(32)29-17-8-5-15(6-9-17)25(35)31-14-23(33)30-20-3-1-2-4-21(20)31/h1-10,13H,11-12,14H2,(H,28,34)(H,29,32)(H,30,33). The van der Waals surface area contributed by atoms with Gasteiger partial charge in [0.05, 0.1) is 22.0 Å². The highest BCUT2D eigenvalue weighted by Gasteiger charge is 2.27. The van der Waals surface area contributed by atoms with Crippen molar-refractivity contribution in [2.45, 2.75) is 6.42 Å². The second-order valence-electron chi connectivity index (χ2n) is 7.71. The molecule has 4 rings (SSSR count). The van der Waals surface area contributed by atoms with Crippen LogP contribution >= 0.6 is 11.6 Å². The summed E-state index contributed by atoms with van der Waals surface area (Å²) in [6.07, 6.45) is -0.00902. The number of nitrogens with one attached hydrogen (secondary N) is 3. The van der Waals surface area contributed by atoms with E-state index in [0.29, 0.717) is 22.6 Å². The van der Waals surface area contributed by atoms with Crippen molar-refractivity contribution < 1.29 is 23.6 Å². The van der Waals surface area contributed by atoms with Gasteiger partial charge in [0.1, 0.15) is 12.4 Å². The number of carbonyl (C=O) groups excluding carboxylic acids is 4. The van der Waals surface area contributed by atoms with Crippen LogP contribution in [0.5, 0.6) is 0 Å². The molecule has 0 unspecified atom stereocenters. The third kappa shape index (κ3) is 5.64. The molecule has 0 spiro atoms. The van der Waals surface area contributed by atoms with Crippen molar-refractivity contribution in [2.24, 2.45) is 0 Å². The molecule has 3 aromatic carbocycles. The molecule has 0 aliphatic carbocycles. The summed E-state index contributed by atoms with van der Waals surface area (Å²) in [5.74, 6) is -2.04. The number of hydrogen-bond donors (Lipinski definition) is 3. The van der Waals surface area contributed by atoms with Crippen molar-refractivity contribution >= 4 is 52.3 Å². The zero-order valence-corrected chi connectivity index (χ0v) is 19.1. The predicted octanol–water partition coefficient (Wildman–Crippen LogP) is 3.84. The van der Waals surface area contributed by atoms with Gasteiger partial charge in [0, 0.05) is 24.2 Å². The lowest BCUT2D eigenvalue weighted by molar-refractivity contribution is -0.116. The smallest absolute Gasteiger partial charge is 0.258 e. The van der Waals surface area contributed by atoms with Gasteiger partial charge in [-0.3, -0.25) is 24.1 Å². The summed E-state index contributed by atoms with van der Waals surface area (Å²) in [6, 6.07) is 16.8. The first-order valence-electron chi connectivity index (χ1n) is 10.7.